The fraction of sp³-hybridized carbons (Fsp3) is 0.667. The molecule has 2 N–H and O–H groups in total. The molecule has 0 fully saturated rings. The quantitative estimate of drug-likeness (QED) is 0.721. The molecule has 0 bridgehead atoms. The van der Waals surface area contributed by atoms with Crippen molar-refractivity contribution >= 4 is 0 Å². The summed E-state index contributed by atoms with van der Waals surface area (Å²) < 4.78 is 2.50. The molecule has 0 aliphatic heterocycles. The molecule has 0 spiro atoms. The Hall–Kier alpha value is -1.40. The first-order chi connectivity index (χ1) is 8.38. The molecule has 1 unspecified atom stereocenters. The third-order valence-corrected chi connectivity index (χ3v) is 3.17. The van der Waals surface area contributed by atoms with Gasteiger partial charge in [0.15, 0.2) is 0 Å². The van der Waals surface area contributed by atoms with E-state index in [4.69, 9.17) is 0 Å². The van der Waals surface area contributed by atoms with Crippen molar-refractivity contribution in [2.24, 2.45) is 20.0 Å². The highest BCUT2D eigenvalue weighted by Gasteiger charge is 2.12. The minimum absolute atomic E-state index is 0.0243. The average Bonchev–Trinajstić information content (AvgIpc) is 2.33. The average molecular weight is 255 g/mol. The Morgan fingerprint density at radius 1 is 1.28 bits per heavy atom. The Morgan fingerprint density at radius 2 is 1.89 bits per heavy atom. The number of aliphatic hydroxyl groups excluding tert-OH is 1. The van der Waals surface area contributed by atoms with Crippen molar-refractivity contribution in [2.75, 3.05) is 6.61 Å². The first-order valence-corrected chi connectivity index (χ1v) is 5.98. The van der Waals surface area contributed by atoms with Crippen LogP contribution in [-0.4, -0.2) is 26.9 Å². The standard InChI is InChI=1S/C12H21N3O3/c1-8(2)10(7-16)13-6-9-5-11(17)15(4)12(18)14(9)3/h5,8,10,13,16H,6-7H2,1-4H3. The first-order valence-electron chi connectivity index (χ1n) is 5.98. The van der Waals surface area contributed by atoms with E-state index < -0.39 is 0 Å². The van der Waals surface area contributed by atoms with E-state index >= 15 is 0 Å². The van der Waals surface area contributed by atoms with Crippen molar-refractivity contribution in [2.45, 2.75) is 26.4 Å². The van der Waals surface area contributed by atoms with Crippen LogP contribution in [0.1, 0.15) is 19.5 Å². The van der Waals surface area contributed by atoms with Crippen molar-refractivity contribution in [3.05, 3.63) is 32.6 Å². The molecular formula is C12H21N3O3. The zero-order valence-electron chi connectivity index (χ0n) is 11.3. The summed E-state index contributed by atoms with van der Waals surface area (Å²) >= 11 is 0. The van der Waals surface area contributed by atoms with Crippen LogP contribution in [0.4, 0.5) is 0 Å². The molecule has 1 aromatic heterocycles. The minimum atomic E-state index is -0.343. The predicted molar refractivity (Wildman–Crippen MR) is 69.5 cm³/mol. The van der Waals surface area contributed by atoms with Gasteiger partial charge >= 0.3 is 5.69 Å². The van der Waals surface area contributed by atoms with Gasteiger partial charge in [0.25, 0.3) is 5.56 Å². The van der Waals surface area contributed by atoms with E-state index in [0.717, 1.165) is 4.57 Å². The van der Waals surface area contributed by atoms with Crippen molar-refractivity contribution in [3.8, 4) is 0 Å². The third kappa shape index (κ3) is 3.08. The summed E-state index contributed by atoms with van der Waals surface area (Å²) in [6.07, 6.45) is 0. The van der Waals surface area contributed by atoms with Gasteiger partial charge in [-0.05, 0) is 5.92 Å². The molecule has 0 aromatic carbocycles. The summed E-state index contributed by atoms with van der Waals surface area (Å²) in [5.41, 5.74) is -0.0495. The van der Waals surface area contributed by atoms with Crippen molar-refractivity contribution < 1.29 is 5.11 Å². The summed E-state index contributed by atoms with van der Waals surface area (Å²) in [6.45, 7) is 4.40. The zero-order chi connectivity index (χ0) is 13.9. The molecule has 0 aliphatic carbocycles. The summed E-state index contributed by atoms with van der Waals surface area (Å²) in [7, 11) is 3.08. The monoisotopic (exact) mass is 255 g/mol. The fourth-order valence-electron chi connectivity index (χ4n) is 1.69. The number of nitrogens with one attached hydrogen (secondary N) is 1. The van der Waals surface area contributed by atoms with Gasteiger partial charge in [-0.15, -0.1) is 0 Å². The molecule has 6 nitrogen and oxygen atoms in total. The second kappa shape index (κ2) is 5.97. The maximum atomic E-state index is 11.7. The molecule has 1 rings (SSSR count). The highest BCUT2D eigenvalue weighted by atomic mass is 16.3. The number of aromatic nitrogens is 2. The van der Waals surface area contributed by atoms with Crippen molar-refractivity contribution in [1.82, 2.24) is 14.5 Å². The molecule has 0 saturated heterocycles. The van der Waals surface area contributed by atoms with Gasteiger partial charge in [-0.1, -0.05) is 13.8 Å². The largest absolute Gasteiger partial charge is 0.395 e. The summed E-state index contributed by atoms with van der Waals surface area (Å²) in [4.78, 5) is 23.2. The van der Waals surface area contributed by atoms with Crippen LogP contribution in [0.3, 0.4) is 0 Å². The molecule has 1 aromatic rings. The van der Waals surface area contributed by atoms with Crippen molar-refractivity contribution in [1.29, 1.82) is 0 Å². The smallest absolute Gasteiger partial charge is 0.330 e. The van der Waals surface area contributed by atoms with E-state index in [1.54, 1.807) is 7.05 Å². The number of hydrogen-bond acceptors (Lipinski definition) is 4. The van der Waals surface area contributed by atoms with Crippen LogP contribution in [0.15, 0.2) is 15.7 Å². The summed E-state index contributed by atoms with van der Waals surface area (Å²) in [5, 5.41) is 12.3. The molecule has 18 heavy (non-hydrogen) atoms. The molecule has 0 saturated carbocycles. The van der Waals surface area contributed by atoms with Gasteiger partial charge < -0.3 is 10.4 Å². The van der Waals surface area contributed by atoms with E-state index in [2.05, 4.69) is 5.32 Å². The van der Waals surface area contributed by atoms with E-state index in [1.807, 2.05) is 13.8 Å². The van der Waals surface area contributed by atoms with Crippen LogP contribution in [0.25, 0.3) is 0 Å². The van der Waals surface area contributed by atoms with Gasteiger partial charge in [0.05, 0.1) is 6.61 Å². The highest BCUT2D eigenvalue weighted by Crippen LogP contribution is 2.01. The Balaban J connectivity index is 2.93. The lowest BCUT2D eigenvalue weighted by molar-refractivity contribution is 0.209. The lowest BCUT2D eigenvalue weighted by Crippen LogP contribution is -2.41. The SMILES string of the molecule is CC(C)C(CO)NCc1cc(=O)n(C)c(=O)n1C. The summed E-state index contributed by atoms with van der Waals surface area (Å²) in [5.74, 6) is 0.276. The molecule has 102 valence electrons. The van der Waals surface area contributed by atoms with Crippen LogP contribution in [0, 0.1) is 5.92 Å². The Morgan fingerprint density at radius 3 is 2.39 bits per heavy atom. The van der Waals surface area contributed by atoms with Gasteiger partial charge in [-0.25, -0.2) is 4.79 Å². The van der Waals surface area contributed by atoms with Crippen LogP contribution in [-0.2, 0) is 20.6 Å². The minimum Gasteiger partial charge on any atom is -0.395 e. The van der Waals surface area contributed by atoms with Gasteiger partial charge in [0, 0.05) is 38.4 Å². The Bertz CT molecular complexity index is 516. The third-order valence-electron chi connectivity index (χ3n) is 3.17. The second-order valence-corrected chi connectivity index (χ2v) is 4.79. The molecule has 6 heteroatoms. The number of aliphatic hydroxyl groups is 1. The Kier molecular flexibility index (Phi) is 4.86. The topological polar surface area (TPSA) is 76.3 Å². The molecular weight excluding hydrogens is 234 g/mol. The first kappa shape index (κ1) is 14.7. The Labute approximate surface area is 106 Å². The molecule has 0 aliphatic rings. The fourth-order valence-corrected chi connectivity index (χ4v) is 1.69. The van der Waals surface area contributed by atoms with Crippen molar-refractivity contribution in [3.63, 3.8) is 0 Å². The van der Waals surface area contributed by atoms with Crippen LogP contribution >= 0.6 is 0 Å². The number of nitrogens with zero attached hydrogens (tertiary/aromatic N) is 2. The van der Waals surface area contributed by atoms with Crippen LogP contribution < -0.4 is 16.6 Å². The van der Waals surface area contributed by atoms with E-state index in [0.29, 0.717) is 12.2 Å². The number of hydrogen-bond donors (Lipinski definition) is 2. The van der Waals surface area contributed by atoms with Gasteiger partial charge in [0.1, 0.15) is 0 Å². The normalized spacial score (nSPS) is 13.0. The second-order valence-electron chi connectivity index (χ2n) is 4.79. The van der Waals surface area contributed by atoms with Gasteiger partial charge in [0.2, 0.25) is 0 Å². The van der Waals surface area contributed by atoms with Crippen LogP contribution in [0.5, 0.6) is 0 Å². The van der Waals surface area contributed by atoms with E-state index in [-0.39, 0.29) is 29.8 Å². The van der Waals surface area contributed by atoms with Gasteiger partial charge in [-0.2, -0.15) is 0 Å². The summed E-state index contributed by atoms with van der Waals surface area (Å²) in [6, 6.07) is 1.38. The highest BCUT2D eigenvalue weighted by molar-refractivity contribution is 5.02. The van der Waals surface area contributed by atoms with E-state index in [1.165, 1.54) is 17.7 Å². The lowest BCUT2D eigenvalue weighted by atomic mass is 10.1. The maximum Gasteiger partial charge on any atom is 0.330 e. The maximum absolute atomic E-state index is 11.7. The lowest BCUT2D eigenvalue weighted by Gasteiger charge is -2.20. The van der Waals surface area contributed by atoms with Gasteiger partial charge in [-0.3, -0.25) is 13.9 Å². The van der Waals surface area contributed by atoms with E-state index in [9.17, 15) is 14.7 Å². The molecule has 0 radical (unpaired) electrons. The number of rotatable bonds is 5. The molecule has 1 atom stereocenters. The molecule has 1 heterocycles. The zero-order valence-corrected chi connectivity index (χ0v) is 11.3. The predicted octanol–water partition coefficient (Wildman–Crippen LogP) is -0.809. The molecule has 0 amide bonds. The van der Waals surface area contributed by atoms with Crippen LogP contribution in [0.2, 0.25) is 0 Å².